The van der Waals surface area contributed by atoms with Crippen molar-refractivity contribution in [1.29, 1.82) is 0 Å². The van der Waals surface area contributed by atoms with E-state index < -0.39 is 5.82 Å². The lowest BCUT2D eigenvalue weighted by Gasteiger charge is -2.03. The van der Waals surface area contributed by atoms with Gasteiger partial charge in [-0.3, -0.25) is 0 Å². The molecule has 22 heavy (non-hydrogen) atoms. The van der Waals surface area contributed by atoms with E-state index in [0.29, 0.717) is 6.42 Å². The molecule has 6 nitrogen and oxygen atoms in total. The maximum Gasteiger partial charge on any atom is 0.347 e. The van der Waals surface area contributed by atoms with Crippen LogP contribution in [0.1, 0.15) is 5.56 Å². The van der Waals surface area contributed by atoms with Crippen molar-refractivity contribution < 1.29 is 9.23 Å². The van der Waals surface area contributed by atoms with Crippen LogP contribution in [0, 0.1) is 5.82 Å². The number of aliphatic imine (C=N–C) groups is 1. The molecule has 0 radical (unpaired) electrons. The average molecular weight is 301 g/mol. The molecular formula is C15H16FN5O. The molecular weight excluding hydrogens is 285 g/mol. The van der Waals surface area contributed by atoms with Crippen molar-refractivity contribution in [3.05, 3.63) is 47.9 Å². The van der Waals surface area contributed by atoms with Gasteiger partial charge in [-0.1, -0.05) is 35.5 Å². The van der Waals surface area contributed by atoms with Crippen molar-refractivity contribution in [3.63, 3.8) is 0 Å². The van der Waals surface area contributed by atoms with Crippen LogP contribution in [0.3, 0.4) is 0 Å². The fourth-order valence-corrected chi connectivity index (χ4v) is 1.49. The highest BCUT2D eigenvalue weighted by molar-refractivity contribution is 5.61. The fraction of sp³-hybridized carbons (Fsp3) is 0.200. The molecule has 0 N–H and O–H groups in total. The third-order valence-electron chi connectivity index (χ3n) is 2.49. The first-order valence-electron chi connectivity index (χ1n) is 6.61. The van der Waals surface area contributed by atoms with Gasteiger partial charge < -0.3 is 9.74 Å². The normalized spacial score (nSPS) is 11.2. The molecule has 0 fully saturated rings. The SMILES string of the molecule is CN(C)C=Nc1nc(O/N=C\Cc2ccccc2)ncc1F. The molecule has 0 bridgehead atoms. The van der Waals surface area contributed by atoms with Gasteiger partial charge in [0.2, 0.25) is 0 Å². The van der Waals surface area contributed by atoms with Gasteiger partial charge in [0.05, 0.1) is 12.5 Å². The van der Waals surface area contributed by atoms with Gasteiger partial charge in [0.15, 0.2) is 11.6 Å². The fourth-order valence-electron chi connectivity index (χ4n) is 1.49. The van der Waals surface area contributed by atoms with Gasteiger partial charge in [0, 0.05) is 26.7 Å². The molecule has 0 amide bonds. The Morgan fingerprint density at radius 1 is 1.27 bits per heavy atom. The highest BCUT2D eigenvalue weighted by Gasteiger charge is 2.06. The van der Waals surface area contributed by atoms with Crippen molar-refractivity contribution in [2.45, 2.75) is 6.42 Å². The van der Waals surface area contributed by atoms with Gasteiger partial charge in [-0.2, -0.15) is 9.97 Å². The minimum atomic E-state index is -0.626. The van der Waals surface area contributed by atoms with Gasteiger partial charge in [-0.05, 0) is 5.56 Å². The molecule has 0 aliphatic carbocycles. The van der Waals surface area contributed by atoms with Gasteiger partial charge in [0.1, 0.15) is 0 Å². The summed E-state index contributed by atoms with van der Waals surface area (Å²) in [6, 6.07) is 9.74. The Kier molecular flexibility index (Phi) is 5.53. The maximum atomic E-state index is 13.5. The highest BCUT2D eigenvalue weighted by atomic mass is 19.1. The molecule has 0 spiro atoms. The predicted molar refractivity (Wildman–Crippen MR) is 83.1 cm³/mol. The van der Waals surface area contributed by atoms with Gasteiger partial charge >= 0.3 is 6.01 Å². The number of oxime groups is 1. The van der Waals surface area contributed by atoms with E-state index in [4.69, 9.17) is 4.84 Å². The zero-order valence-corrected chi connectivity index (χ0v) is 12.3. The van der Waals surface area contributed by atoms with Gasteiger partial charge in [-0.15, -0.1) is 0 Å². The first kappa shape index (κ1) is 15.6. The van der Waals surface area contributed by atoms with Crippen molar-refractivity contribution in [2.75, 3.05) is 14.1 Å². The Labute approximate surface area is 128 Å². The van der Waals surface area contributed by atoms with Crippen LogP contribution >= 0.6 is 0 Å². The predicted octanol–water partition coefficient (Wildman–Crippen LogP) is 2.44. The standard InChI is InChI=1S/C15H16FN5O/c1-21(2)11-18-14-13(16)10-17-15(20-14)22-19-9-8-12-6-4-3-5-7-12/h3-7,9-11H,8H2,1-2H3/b18-11?,19-9-. The summed E-state index contributed by atoms with van der Waals surface area (Å²) in [4.78, 5) is 18.1. The lowest BCUT2D eigenvalue weighted by molar-refractivity contribution is 0.313. The molecule has 0 atom stereocenters. The lowest BCUT2D eigenvalue weighted by atomic mass is 10.2. The second-order valence-electron chi connectivity index (χ2n) is 4.60. The molecule has 0 unspecified atom stereocenters. The zero-order valence-electron chi connectivity index (χ0n) is 12.3. The van der Waals surface area contributed by atoms with Crippen LogP contribution in [0.2, 0.25) is 0 Å². The monoisotopic (exact) mass is 301 g/mol. The van der Waals surface area contributed by atoms with Crippen LogP contribution in [-0.2, 0) is 6.42 Å². The van der Waals surface area contributed by atoms with E-state index >= 15 is 0 Å². The molecule has 1 aromatic carbocycles. The minimum Gasteiger partial charge on any atom is -0.369 e. The van der Waals surface area contributed by atoms with E-state index in [-0.39, 0.29) is 11.8 Å². The first-order valence-corrected chi connectivity index (χ1v) is 6.61. The number of aromatic nitrogens is 2. The number of nitrogens with zero attached hydrogens (tertiary/aromatic N) is 5. The van der Waals surface area contributed by atoms with E-state index in [0.717, 1.165) is 11.8 Å². The number of hydrogen-bond acceptors (Lipinski definition) is 5. The summed E-state index contributed by atoms with van der Waals surface area (Å²) in [6.07, 6.45) is 4.64. The third kappa shape index (κ3) is 4.93. The molecule has 2 aromatic rings. The molecule has 0 saturated carbocycles. The summed E-state index contributed by atoms with van der Waals surface area (Å²) in [5, 5.41) is 3.77. The third-order valence-corrected chi connectivity index (χ3v) is 2.49. The quantitative estimate of drug-likeness (QED) is 0.467. The van der Waals surface area contributed by atoms with Crippen LogP contribution in [0.5, 0.6) is 6.01 Å². The van der Waals surface area contributed by atoms with Crippen molar-refractivity contribution in [2.24, 2.45) is 10.1 Å². The maximum absolute atomic E-state index is 13.5. The van der Waals surface area contributed by atoms with E-state index in [1.807, 2.05) is 30.3 Å². The van der Waals surface area contributed by atoms with Crippen LogP contribution in [0.15, 0.2) is 46.7 Å². The molecule has 114 valence electrons. The van der Waals surface area contributed by atoms with Crippen LogP contribution in [0.25, 0.3) is 0 Å². The van der Waals surface area contributed by atoms with Crippen LogP contribution < -0.4 is 4.84 Å². The Hall–Kier alpha value is -2.83. The Bertz CT molecular complexity index is 658. The van der Waals surface area contributed by atoms with E-state index in [1.54, 1.807) is 25.2 Å². The topological polar surface area (TPSA) is 63.0 Å². The molecule has 2 rings (SSSR count). The summed E-state index contributed by atoms with van der Waals surface area (Å²) in [6.45, 7) is 0. The van der Waals surface area contributed by atoms with Gasteiger partial charge in [0.25, 0.3) is 0 Å². The lowest BCUT2D eigenvalue weighted by Crippen LogP contribution is -2.07. The number of benzene rings is 1. The van der Waals surface area contributed by atoms with Gasteiger partial charge in [-0.25, -0.2) is 9.38 Å². The van der Waals surface area contributed by atoms with E-state index in [2.05, 4.69) is 20.1 Å². The Morgan fingerprint density at radius 2 is 2.05 bits per heavy atom. The van der Waals surface area contributed by atoms with Crippen molar-refractivity contribution in [3.8, 4) is 6.01 Å². The number of halogens is 1. The van der Waals surface area contributed by atoms with Crippen LogP contribution in [0.4, 0.5) is 10.2 Å². The average Bonchev–Trinajstić information content (AvgIpc) is 2.52. The number of hydrogen-bond donors (Lipinski definition) is 0. The molecule has 0 aliphatic heterocycles. The smallest absolute Gasteiger partial charge is 0.347 e. The largest absolute Gasteiger partial charge is 0.369 e. The molecule has 1 heterocycles. The molecule has 0 saturated heterocycles. The minimum absolute atomic E-state index is 0.0587. The van der Waals surface area contributed by atoms with Crippen molar-refractivity contribution >= 4 is 18.4 Å². The second kappa shape index (κ2) is 7.82. The Balaban J connectivity index is 1.96. The summed E-state index contributed by atoms with van der Waals surface area (Å²) < 4.78 is 13.5. The Morgan fingerprint density at radius 3 is 2.77 bits per heavy atom. The number of rotatable bonds is 6. The first-order chi connectivity index (χ1) is 10.6. The second-order valence-corrected chi connectivity index (χ2v) is 4.60. The highest BCUT2D eigenvalue weighted by Crippen LogP contribution is 2.16. The zero-order chi connectivity index (χ0) is 15.8. The van der Waals surface area contributed by atoms with Crippen molar-refractivity contribution in [1.82, 2.24) is 14.9 Å². The summed E-state index contributed by atoms with van der Waals surface area (Å²) in [5.74, 6) is -0.726. The van der Waals surface area contributed by atoms with Crippen LogP contribution in [-0.4, -0.2) is 41.5 Å². The molecule has 1 aromatic heterocycles. The van der Waals surface area contributed by atoms with E-state index in [1.165, 1.54) is 6.34 Å². The molecule has 7 heteroatoms. The summed E-state index contributed by atoms with van der Waals surface area (Å²) >= 11 is 0. The summed E-state index contributed by atoms with van der Waals surface area (Å²) in [5.41, 5.74) is 1.10. The summed E-state index contributed by atoms with van der Waals surface area (Å²) in [7, 11) is 3.54. The molecule has 0 aliphatic rings. The van der Waals surface area contributed by atoms with E-state index in [9.17, 15) is 4.39 Å².